The lowest BCUT2D eigenvalue weighted by atomic mass is 10.2. The van der Waals surface area contributed by atoms with Crippen LogP contribution in [0.25, 0.3) is 5.69 Å². The van der Waals surface area contributed by atoms with E-state index in [1.165, 1.54) is 6.26 Å². The van der Waals surface area contributed by atoms with Crippen molar-refractivity contribution in [1.29, 1.82) is 0 Å². The standard InChI is InChI=1S/C18H19N3O3/c1-12-5-7-14(8-6-12)21-13(2)10-15(20-21)18(23)19-11-16(22)17-4-3-9-24-17/h3-10,16,22H,11H2,1-2H3,(H,19,23). The largest absolute Gasteiger partial charge is 0.467 e. The van der Waals surface area contributed by atoms with Gasteiger partial charge < -0.3 is 14.8 Å². The number of carbonyl (C=O) groups excluding carboxylic acids is 1. The van der Waals surface area contributed by atoms with Gasteiger partial charge >= 0.3 is 0 Å². The molecule has 1 amide bonds. The van der Waals surface area contributed by atoms with Gasteiger partial charge in [-0.3, -0.25) is 4.79 Å². The van der Waals surface area contributed by atoms with Crippen LogP contribution in [-0.2, 0) is 0 Å². The van der Waals surface area contributed by atoms with E-state index in [2.05, 4.69) is 10.4 Å². The first-order chi connectivity index (χ1) is 11.5. The average molecular weight is 325 g/mol. The number of rotatable bonds is 5. The summed E-state index contributed by atoms with van der Waals surface area (Å²) in [5.41, 5.74) is 3.22. The van der Waals surface area contributed by atoms with Gasteiger partial charge in [0.2, 0.25) is 0 Å². The predicted molar refractivity (Wildman–Crippen MR) is 89.0 cm³/mol. The van der Waals surface area contributed by atoms with Crippen molar-refractivity contribution < 1.29 is 14.3 Å². The molecule has 0 radical (unpaired) electrons. The van der Waals surface area contributed by atoms with Gasteiger partial charge in [0.15, 0.2) is 5.69 Å². The maximum atomic E-state index is 12.2. The molecule has 2 N–H and O–H groups in total. The van der Waals surface area contributed by atoms with E-state index in [0.717, 1.165) is 16.9 Å². The zero-order valence-electron chi connectivity index (χ0n) is 13.6. The van der Waals surface area contributed by atoms with Gasteiger partial charge in [0, 0.05) is 5.69 Å². The lowest BCUT2D eigenvalue weighted by molar-refractivity contribution is 0.0896. The summed E-state index contributed by atoms with van der Waals surface area (Å²) >= 11 is 0. The molecule has 0 saturated heterocycles. The fourth-order valence-electron chi connectivity index (χ4n) is 2.39. The van der Waals surface area contributed by atoms with E-state index in [4.69, 9.17) is 4.42 Å². The summed E-state index contributed by atoms with van der Waals surface area (Å²) < 4.78 is 6.82. The molecule has 0 aliphatic heterocycles. The maximum absolute atomic E-state index is 12.2. The van der Waals surface area contributed by atoms with Crippen LogP contribution in [0.15, 0.2) is 53.1 Å². The first-order valence-corrected chi connectivity index (χ1v) is 7.68. The molecule has 3 aromatic rings. The smallest absolute Gasteiger partial charge is 0.271 e. The molecule has 1 aromatic carbocycles. The van der Waals surface area contributed by atoms with Crippen LogP contribution in [0.2, 0.25) is 0 Å². The minimum absolute atomic E-state index is 0.0583. The highest BCUT2D eigenvalue weighted by atomic mass is 16.4. The molecule has 0 saturated carbocycles. The number of benzene rings is 1. The van der Waals surface area contributed by atoms with Crippen molar-refractivity contribution in [3.63, 3.8) is 0 Å². The van der Waals surface area contributed by atoms with Crippen LogP contribution < -0.4 is 5.32 Å². The van der Waals surface area contributed by atoms with Crippen molar-refractivity contribution in [2.75, 3.05) is 6.54 Å². The first kappa shape index (κ1) is 16.0. The number of amides is 1. The van der Waals surface area contributed by atoms with E-state index in [-0.39, 0.29) is 12.5 Å². The lowest BCUT2D eigenvalue weighted by Crippen LogP contribution is -2.28. The van der Waals surface area contributed by atoms with Crippen LogP contribution in [-0.4, -0.2) is 27.3 Å². The average Bonchev–Trinajstić information content (AvgIpc) is 3.23. The Labute approximate surface area is 139 Å². The minimum Gasteiger partial charge on any atom is -0.467 e. The molecular formula is C18H19N3O3. The fraction of sp³-hybridized carbons (Fsp3) is 0.222. The third-order valence-electron chi connectivity index (χ3n) is 3.73. The fourth-order valence-corrected chi connectivity index (χ4v) is 2.39. The molecule has 0 bridgehead atoms. The maximum Gasteiger partial charge on any atom is 0.271 e. The number of furan rings is 1. The van der Waals surface area contributed by atoms with Crippen LogP contribution >= 0.6 is 0 Å². The monoisotopic (exact) mass is 325 g/mol. The topological polar surface area (TPSA) is 80.3 Å². The molecule has 1 unspecified atom stereocenters. The normalized spacial score (nSPS) is 12.1. The molecule has 0 aliphatic carbocycles. The summed E-state index contributed by atoms with van der Waals surface area (Å²) in [6.07, 6.45) is 0.594. The van der Waals surface area contributed by atoms with E-state index >= 15 is 0 Å². The van der Waals surface area contributed by atoms with Crippen molar-refractivity contribution in [3.05, 3.63) is 71.4 Å². The van der Waals surface area contributed by atoms with Crippen molar-refractivity contribution in [3.8, 4) is 5.69 Å². The van der Waals surface area contributed by atoms with E-state index in [9.17, 15) is 9.90 Å². The Hall–Kier alpha value is -2.86. The molecule has 2 heterocycles. The van der Waals surface area contributed by atoms with Crippen LogP contribution in [0.1, 0.15) is 33.6 Å². The van der Waals surface area contributed by atoms with Gasteiger partial charge in [0.1, 0.15) is 11.9 Å². The summed E-state index contributed by atoms with van der Waals surface area (Å²) in [4.78, 5) is 12.2. The molecule has 124 valence electrons. The molecular weight excluding hydrogens is 306 g/mol. The molecule has 6 nitrogen and oxygen atoms in total. The van der Waals surface area contributed by atoms with Crippen LogP contribution in [0.3, 0.4) is 0 Å². The summed E-state index contributed by atoms with van der Waals surface area (Å²) in [7, 11) is 0. The second-order valence-electron chi connectivity index (χ2n) is 5.66. The minimum atomic E-state index is -0.885. The summed E-state index contributed by atoms with van der Waals surface area (Å²) in [5, 5.41) is 16.9. The highest BCUT2D eigenvalue weighted by Gasteiger charge is 2.16. The highest BCUT2D eigenvalue weighted by molar-refractivity contribution is 5.92. The van der Waals surface area contributed by atoms with E-state index in [1.807, 2.05) is 38.1 Å². The van der Waals surface area contributed by atoms with Gasteiger partial charge in [-0.15, -0.1) is 0 Å². The van der Waals surface area contributed by atoms with Crippen molar-refractivity contribution in [1.82, 2.24) is 15.1 Å². The molecule has 2 aromatic heterocycles. The number of hydrogen-bond acceptors (Lipinski definition) is 4. The van der Waals surface area contributed by atoms with Gasteiger partial charge in [-0.05, 0) is 44.2 Å². The predicted octanol–water partition coefficient (Wildman–Crippen LogP) is 2.55. The lowest BCUT2D eigenvalue weighted by Gasteiger charge is -2.08. The molecule has 0 spiro atoms. The zero-order chi connectivity index (χ0) is 17.1. The third-order valence-corrected chi connectivity index (χ3v) is 3.73. The van der Waals surface area contributed by atoms with Crippen LogP contribution in [0.5, 0.6) is 0 Å². The zero-order valence-corrected chi connectivity index (χ0v) is 13.6. The highest BCUT2D eigenvalue weighted by Crippen LogP contribution is 2.14. The Balaban J connectivity index is 1.70. The summed E-state index contributed by atoms with van der Waals surface area (Å²) in [6, 6.07) is 13.0. The number of nitrogens with one attached hydrogen (secondary N) is 1. The number of aliphatic hydroxyl groups excluding tert-OH is 1. The Bertz CT molecular complexity index is 820. The summed E-state index contributed by atoms with van der Waals surface area (Å²) in [5.74, 6) is 0.0752. The van der Waals surface area contributed by atoms with E-state index in [0.29, 0.717) is 11.5 Å². The molecule has 0 fully saturated rings. The molecule has 0 aliphatic rings. The number of aryl methyl sites for hydroxylation is 2. The van der Waals surface area contributed by atoms with Crippen LogP contribution in [0.4, 0.5) is 0 Å². The Morgan fingerprint density at radius 2 is 2.04 bits per heavy atom. The first-order valence-electron chi connectivity index (χ1n) is 7.68. The van der Waals surface area contributed by atoms with Crippen LogP contribution in [0, 0.1) is 13.8 Å². The number of aliphatic hydroxyl groups is 1. The van der Waals surface area contributed by atoms with Crippen molar-refractivity contribution >= 4 is 5.91 Å². The molecule has 3 rings (SSSR count). The van der Waals surface area contributed by atoms with E-state index < -0.39 is 6.10 Å². The number of hydrogen-bond donors (Lipinski definition) is 2. The number of aromatic nitrogens is 2. The van der Waals surface area contributed by atoms with Crippen molar-refractivity contribution in [2.24, 2.45) is 0 Å². The quantitative estimate of drug-likeness (QED) is 0.755. The van der Waals surface area contributed by atoms with Gasteiger partial charge in [0.25, 0.3) is 5.91 Å². The Kier molecular flexibility index (Phi) is 4.48. The second-order valence-corrected chi connectivity index (χ2v) is 5.66. The van der Waals surface area contributed by atoms with Gasteiger partial charge in [-0.1, -0.05) is 17.7 Å². The van der Waals surface area contributed by atoms with Gasteiger partial charge in [0.05, 0.1) is 18.5 Å². The second kappa shape index (κ2) is 6.72. The molecule has 6 heteroatoms. The third kappa shape index (κ3) is 3.38. The van der Waals surface area contributed by atoms with Gasteiger partial charge in [-0.2, -0.15) is 5.10 Å². The van der Waals surface area contributed by atoms with Gasteiger partial charge in [-0.25, -0.2) is 4.68 Å². The Morgan fingerprint density at radius 3 is 2.71 bits per heavy atom. The molecule has 24 heavy (non-hydrogen) atoms. The number of nitrogens with zero attached hydrogens (tertiary/aromatic N) is 2. The van der Waals surface area contributed by atoms with E-state index in [1.54, 1.807) is 22.9 Å². The summed E-state index contributed by atoms with van der Waals surface area (Å²) in [6.45, 7) is 3.97. The molecule has 1 atom stereocenters. The Morgan fingerprint density at radius 1 is 1.29 bits per heavy atom. The SMILES string of the molecule is Cc1ccc(-n2nc(C(=O)NCC(O)c3ccco3)cc2C)cc1. The van der Waals surface area contributed by atoms with Crippen molar-refractivity contribution in [2.45, 2.75) is 20.0 Å². The number of carbonyl (C=O) groups is 1.